The second kappa shape index (κ2) is 7.90. The summed E-state index contributed by atoms with van der Waals surface area (Å²) in [6, 6.07) is 1.82. The molecule has 0 radical (unpaired) electrons. The van der Waals surface area contributed by atoms with Crippen LogP contribution >= 0.6 is 11.3 Å². The number of nitrogens with zero attached hydrogens (tertiary/aromatic N) is 3. The Morgan fingerprint density at radius 1 is 1.39 bits per heavy atom. The Kier molecular flexibility index (Phi) is 5.74. The molecule has 1 aliphatic heterocycles. The fourth-order valence-corrected chi connectivity index (χ4v) is 4.05. The number of fused-ring (bicyclic) bond motifs is 1. The largest absolute Gasteiger partial charge is 0.444 e. The number of carbonyl (C=O) groups is 2. The third-order valence-corrected chi connectivity index (χ3v) is 5.71. The van der Waals surface area contributed by atoms with Crippen molar-refractivity contribution in [3.63, 3.8) is 0 Å². The molecule has 152 valence electrons. The summed E-state index contributed by atoms with van der Waals surface area (Å²) in [4.78, 5) is 45.2. The van der Waals surface area contributed by atoms with Crippen LogP contribution in [-0.4, -0.2) is 45.3 Å². The van der Waals surface area contributed by atoms with Gasteiger partial charge in [0.25, 0.3) is 5.56 Å². The van der Waals surface area contributed by atoms with E-state index in [2.05, 4.69) is 10.4 Å². The molecule has 2 aromatic heterocycles. The predicted octanol–water partition coefficient (Wildman–Crippen LogP) is 2.74. The van der Waals surface area contributed by atoms with Gasteiger partial charge in [-0.25, -0.2) is 14.5 Å². The number of thiophene rings is 1. The highest BCUT2D eigenvalue weighted by molar-refractivity contribution is 7.18. The average molecular weight is 407 g/mol. The molecular formula is C19H26N4O4S. The number of piperidine rings is 1. The van der Waals surface area contributed by atoms with Crippen LogP contribution in [0.15, 0.2) is 17.2 Å². The normalized spacial score (nSPS) is 17.6. The molecule has 1 fully saturated rings. The van der Waals surface area contributed by atoms with E-state index in [-0.39, 0.29) is 18.0 Å². The molecule has 0 aromatic carbocycles. The maximum absolute atomic E-state index is 12.7. The van der Waals surface area contributed by atoms with Gasteiger partial charge >= 0.3 is 6.09 Å². The fraction of sp³-hybridized carbons (Fsp3) is 0.579. The molecule has 1 aliphatic rings. The van der Waals surface area contributed by atoms with Crippen LogP contribution in [0, 0.1) is 5.92 Å². The highest BCUT2D eigenvalue weighted by Gasteiger charge is 2.31. The van der Waals surface area contributed by atoms with E-state index in [0.717, 1.165) is 16.0 Å². The van der Waals surface area contributed by atoms with Gasteiger partial charge in [-0.05, 0) is 46.1 Å². The van der Waals surface area contributed by atoms with Crippen molar-refractivity contribution < 1.29 is 14.3 Å². The molecule has 0 spiro atoms. The van der Waals surface area contributed by atoms with E-state index in [4.69, 9.17) is 4.74 Å². The first-order valence-corrected chi connectivity index (χ1v) is 10.3. The van der Waals surface area contributed by atoms with E-state index in [1.807, 2.05) is 33.8 Å². The van der Waals surface area contributed by atoms with Crippen molar-refractivity contribution in [3.8, 4) is 0 Å². The van der Waals surface area contributed by atoms with Crippen molar-refractivity contribution in [2.75, 3.05) is 18.5 Å². The number of carbonyl (C=O) groups excluding carboxylic acids is 2. The third-order valence-electron chi connectivity index (χ3n) is 4.53. The summed E-state index contributed by atoms with van der Waals surface area (Å²) in [5.74, 6) is -0.708. The Labute approximate surface area is 167 Å². The van der Waals surface area contributed by atoms with E-state index in [1.165, 1.54) is 17.7 Å². The van der Waals surface area contributed by atoms with Crippen LogP contribution in [0.5, 0.6) is 0 Å². The molecule has 2 aromatic rings. The zero-order valence-corrected chi connectivity index (χ0v) is 17.5. The summed E-state index contributed by atoms with van der Waals surface area (Å²) in [6.07, 6.45) is 3.10. The van der Waals surface area contributed by atoms with E-state index >= 15 is 0 Å². The van der Waals surface area contributed by atoms with Crippen LogP contribution in [0.4, 0.5) is 4.79 Å². The van der Waals surface area contributed by atoms with Crippen LogP contribution in [0.3, 0.4) is 0 Å². The monoisotopic (exact) mass is 406 g/mol. The van der Waals surface area contributed by atoms with E-state index in [0.29, 0.717) is 29.6 Å². The number of aryl methyl sites for hydroxylation is 1. The second-order valence-electron chi connectivity index (χ2n) is 7.95. The van der Waals surface area contributed by atoms with Crippen LogP contribution in [0.2, 0.25) is 0 Å². The molecule has 3 heterocycles. The van der Waals surface area contributed by atoms with Crippen LogP contribution < -0.4 is 11.0 Å². The van der Waals surface area contributed by atoms with E-state index in [9.17, 15) is 14.4 Å². The van der Waals surface area contributed by atoms with Crippen LogP contribution in [0.25, 0.3) is 10.2 Å². The van der Waals surface area contributed by atoms with Gasteiger partial charge in [-0.3, -0.25) is 15.0 Å². The Morgan fingerprint density at radius 3 is 2.82 bits per heavy atom. The number of aromatic nitrogens is 2. The van der Waals surface area contributed by atoms with Gasteiger partial charge in [-0.15, -0.1) is 11.3 Å². The Bertz CT molecular complexity index is 944. The van der Waals surface area contributed by atoms with Gasteiger partial charge in [-0.1, -0.05) is 6.92 Å². The number of rotatable bonds is 3. The SMILES string of the molecule is CCc1cc2c(=O)n(NC(=O)C3CCCN(C(=O)OC(C)(C)C)C3)cnc2s1. The number of ether oxygens (including phenoxy) is 1. The Hall–Kier alpha value is -2.42. The molecule has 1 unspecified atom stereocenters. The lowest BCUT2D eigenvalue weighted by atomic mass is 9.98. The summed E-state index contributed by atoms with van der Waals surface area (Å²) >= 11 is 1.48. The summed E-state index contributed by atoms with van der Waals surface area (Å²) in [7, 11) is 0. The van der Waals surface area contributed by atoms with Crippen LogP contribution in [0.1, 0.15) is 45.4 Å². The minimum absolute atomic E-state index is 0.267. The molecule has 1 saturated heterocycles. The molecule has 0 aliphatic carbocycles. The lowest BCUT2D eigenvalue weighted by Gasteiger charge is -2.33. The molecule has 9 heteroatoms. The van der Waals surface area contributed by atoms with Crippen molar-refractivity contribution in [3.05, 3.63) is 27.6 Å². The van der Waals surface area contributed by atoms with Gasteiger partial charge < -0.3 is 9.64 Å². The van der Waals surface area contributed by atoms with Gasteiger partial charge in [0.1, 0.15) is 16.8 Å². The smallest absolute Gasteiger partial charge is 0.410 e. The van der Waals surface area contributed by atoms with Crippen LogP contribution in [-0.2, 0) is 16.0 Å². The molecule has 0 saturated carbocycles. The molecule has 1 atom stereocenters. The quantitative estimate of drug-likeness (QED) is 0.846. The first kappa shape index (κ1) is 20.3. The Balaban J connectivity index is 1.70. The van der Waals surface area contributed by atoms with E-state index in [1.54, 1.807) is 4.90 Å². The molecule has 3 rings (SSSR count). The van der Waals surface area contributed by atoms with Gasteiger partial charge in [-0.2, -0.15) is 0 Å². The lowest BCUT2D eigenvalue weighted by Crippen LogP contribution is -2.47. The Morgan fingerprint density at radius 2 is 2.14 bits per heavy atom. The molecule has 0 bridgehead atoms. The van der Waals surface area contributed by atoms with Crippen molar-refractivity contribution in [1.82, 2.24) is 14.6 Å². The van der Waals surface area contributed by atoms with Crippen molar-refractivity contribution in [2.45, 2.75) is 52.6 Å². The highest BCUT2D eigenvalue weighted by Crippen LogP contribution is 2.22. The number of nitrogens with one attached hydrogen (secondary N) is 1. The van der Waals surface area contributed by atoms with Crippen molar-refractivity contribution in [1.29, 1.82) is 0 Å². The minimum Gasteiger partial charge on any atom is -0.444 e. The molecule has 8 nitrogen and oxygen atoms in total. The second-order valence-corrected chi connectivity index (χ2v) is 9.06. The summed E-state index contributed by atoms with van der Waals surface area (Å²) in [5, 5.41) is 0.503. The molecule has 1 N–H and O–H groups in total. The van der Waals surface area contributed by atoms with Gasteiger partial charge in [0, 0.05) is 18.0 Å². The summed E-state index contributed by atoms with van der Waals surface area (Å²) < 4.78 is 6.52. The zero-order valence-electron chi connectivity index (χ0n) is 16.7. The lowest BCUT2D eigenvalue weighted by molar-refractivity contribution is -0.122. The first-order valence-electron chi connectivity index (χ1n) is 9.47. The van der Waals surface area contributed by atoms with Crippen molar-refractivity contribution >= 4 is 33.6 Å². The maximum Gasteiger partial charge on any atom is 0.410 e. The number of amides is 2. The highest BCUT2D eigenvalue weighted by atomic mass is 32.1. The van der Waals surface area contributed by atoms with Gasteiger partial charge in [0.2, 0.25) is 5.91 Å². The maximum atomic E-state index is 12.7. The van der Waals surface area contributed by atoms with Gasteiger partial charge in [0.15, 0.2) is 0 Å². The van der Waals surface area contributed by atoms with Gasteiger partial charge in [0.05, 0.1) is 11.3 Å². The summed E-state index contributed by atoms with van der Waals surface area (Å²) in [6.45, 7) is 8.27. The van der Waals surface area contributed by atoms with Crippen molar-refractivity contribution in [2.24, 2.45) is 5.92 Å². The number of hydrogen-bond donors (Lipinski definition) is 1. The third kappa shape index (κ3) is 4.52. The zero-order chi connectivity index (χ0) is 20.5. The fourth-order valence-electron chi connectivity index (χ4n) is 3.12. The molecule has 28 heavy (non-hydrogen) atoms. The first-order chi connectivity index (χ1) is 13.2. The number of likely N-dealkylation sites (tertiary alicyclic amines) is 1. The molecular weight excluding hydrogens is 380 g/mol. The number of hydrogen-bond acceptors (Lipinski definition) is 6. The molecule has 2 amide bonds. The van der Waals surface area contributed by atoms with E-state index < -0.39 is 17.6 Å². The predicted molar refractivity (Wildman–Crippen MR) is 108 cm³/mol. The summed E-state index contributed by atoms with van der Waals surface area (Å²) in [5.41, 5.74) is 1.75. The standard InChI is InChI=1S/C19H26N4O4S/c1-5-13-9-14-16(28-13)20-11-23(17(14)25)21-15(24)12-7-6-8-22(10-12)18(26)27-19(2,3)4/h9,11-12H,5-8,10H2,1-4H3,(H,21,24). The minimum atomic E-state index is -0.585. The average Bonchev–Trinajstić information content (AvgIpc) is 3.07. The topological polar surface area (TPSA) is 93.5 Å².